The Labute approximate surface area is 203 Å². The smallest absolute Gasteiger partial charge is 0.306 e. The van der Waals surface area contributed by atoms with Crippen molar-refractivity contribution in [1.29, 1.82) is 0 Å². The minimum Gasteiger partial charge on any atom is -0.450 e. The van der Waals surface area contributed by atoms with Crippen LogP contribution in [0.5, 0.6) is 0 Å². The molecule has 3 saturated carbocycles. The lowest BCUT2D eigenvalue weighted by Crippen LogP contribution is -2.69. The number of esters is 1. The minimum atomic E-state index is -1.47. The van der Waals surface area contributed by atoms with Crippen molar-refractivity contribution in [3.8, 4) is 0 Å². The Balaban J connectivity index is 1.87. The van der Waals surface area contributed by atoms with Crippen molar-refractivity contribution < 1.29 is 28.6 Å². The number of hydrogen-bond donors (Lipinski definition) is 1. The Hall–Kier alpha value is -1.24. The van der Waals surface area contributed by atoms with Gasteiger partial charge in [0.1, 0.15) is 0 Å². The molecule has 0 aromatic heterocycles. The number of fused-ring (bicyclic) bond motifs is 5. The highest BCUT2D eigenvalue weighted by Gasteiger charge is 2.76. The number of carbonyl (C=O) groups is 3. The Morgan fingerprint density at radius 2 is 1.97 bits per heavy atom. The lowest BCUT2D eigenvalue weighted by atomic mass is 9.45. The third-order valence-electron chi connectivity index (χ3n) is 9.37. The number of allylic oxidation sites excluding steroid dienone is 4. The van der Waals surface area contributed by atoms with Crippen LogP contribution in [0.25, 0.3) is 0 Å². The van der Waals surface area contributed by atoms with Crippen LogP contribution in [0.3, 0.4) is 0 Å². The first-order valence-electron chi connectivity index (χ1n) is 11.7. The maximum Gasteiger partial charge on any atom is 0.306 e. The number of ketones is 2. The molecule has 4 aliphatic carbocycles. The first-order valence-corrected chi connectivity index (χ1v) is 12.6. The molecule has 0 spiro atoms. The van der Waals surface area contributed by atoms with Crippen LogP contribution >= 0.6 is 23.2 Å². The van der Waals surface area contributed by atoms with Crippen molar-refractivity contribution in [3.63, 3.8) is 0 Å². The molecule has 0 aromatic carbocycles. The second kappa shape index (κ2) is 7.89. The molecular formula is C25H31Cl2FO5. The zero-order valence-electron chi connectivity index (χ0n) is 19.4. The molecule has 0 aliphatic heterocycles. The van der Waals surface area contributed by atoms with E-state index in [1.807, 2.05) is 13.8 Å². The molecule has 4 rings (SSSR count). The zero-order valence-corrected chi connectivity index (χ0v) is 20.9. The van der Waals surface area contributed by atoms with E-state index in [4.69, 9.17) is 27.9 Å². The Morgan fingerprint density at radius 1 is 1.30 bits per heavy atom. The number of halogens is 3. The quantitative estimate of drug-likeness (QED) is 0.448. The van der Waals surface area contributed by atoms with E-state index in [-0.39, 0.29) is 42.3 Å². The first kappa shape index (κ1) is 24.9. The summed E-state index contributed by atoms with van der Waals surface area (Å²) < 4.78 is 20.9. The maximum absolute atomic E-state index is 14.9. The third-order valence-corrected chi connectivity index (χ3v) is 10.5. The van der Waals surface area contributed by atoms with E-state index >= 15 is 0 Å². The summed E-state index contributed by atoms with van der Waals surface area (Å²) in [6.07, 6.45) is 3.25. The van der Waals surface area contributed by atoms with Crippen LogP contribution in [-0.2, 0) is 19.1 Å². The van der Waals surface area contributed by atoms with E-state index in [1.165, 1.54) is 6.08 Å². The van der Waals surface area contributed by atoms with Gasteiger partial charge in [-0.2, -0.15) is 0 Å². The minimum absolute atomic E-state index is 0.0912. The summed E-state index contributed by atoms with van der Waals surface area (Å²) in [4.78, 5) is 36.6. The summed E-state index contributed by atoms with van der Waals surface area (Å²) in [5, 5.41) is 11.6. The summed E-state index contributed by atoms with van der Waals surface area (Å²) in [6, 6.07) is 0. The van der Waals surface area contributed by atoms with Gasteiger partial charge in [0.2, 0.25) is 5.78 Å². The zero-order chi connectivity index (χ0) is 24.6. The van der Waals surface area contributed by atoms with E-state index in [0.717, 1.165) is 0 Å². The fourth-order valence-electron chi connectivity index (χ4n) is 7.83. The molecule has 0 heterocycles. The van der Waals surface area contributed by atoms with E-state index in [2.05, 4.69) is 0 Å². The average molecular weight is 501 g/mol. The highest BCUT2D eigenvalue weighted by Crippen LogP contribution is 2.72. The van der Waals surface area contributed by atoms with Gasteiger partial charge in [-0.25, -0.2) is 4.39 Å². The molecule has 33 heavy (non-hydrogen) atoms. The molecule has 0 amide bonds. The number of ether oxygens (including phenoxy) is 1. The second-order valence-corrected chi connectivity index (χ2v) is 11.5. The third kappa shape index (κ3) is 2.89. The molecule has 0 unspecified atom stereocenters. The van der Waals surface area contributed by atoms with Crippen molar-refractivity contribution in [2.75, 3.05) is 5.88 Å². The van der Waals surface area contributed by atoms with Crippen molar-refractivity contribution in [2.45, 2.75) is 76.4 Å². The van der Waals surface area contributed by atoms with Crippen LogP contribution in [-0.4, -0.2) is 45.1 Å². The van der Waals surface area contributed by atoms with Gasteiger partial charge in [0.05, 0.1) is 16.9 Å². The van der Waals surface area contributed by atoms with Gasteiger partial charge in [0, 0.05) is 23.2 Å². The molecule has 0 radical (unpaired) electrons. The standard InChI is InChI=1S/C25H31Cl2FO5/c1-5-20(32)33-25(19(31)12-26)13(2)10-16-14-6-7-15-21(28)17(29)8-9-22(15,3)24(14,27)18(30)11-23(16,25)4/h8-9,13-14,16,18,30H,5-7,10-12H2,1-4H3/t13-,14-,16-,18-,22-,23-,24-,25+/m0/s1. The number of rotatable bonds is 4. The molecule has 8 heteroatoms. The molecule has 5 nitrogen and oxygen atoms in total. The van der Waals surface area contributed by atoms with Crippen molar-refractivity contribution >= 4 is 40.7 Å². The van der Waals surface area contributed by atoms with Crippen LogP contribution in [0.4, 0.5) is 4.39 Å². The molecule has 1 N–H and O–H groups in total. The predicted octanol–water partition coefficient (Wildman–Crippen LogP) is 4.67. The maximum atomic E-state index is 14.9. The van der Waals surface area contributed by atoms with Gasteiger partial charge in [0.15, 0.2) is 17.2 Å². The molecule has 0 bridgehead atoms. The lowest BCUT2D eigenvalue weighted by Gasteiger charge is -2.64. The molecule has 0 aromatic rings. The van der Waals surface area contributed by atoms with Gasteiger partial charge in [-0.15, -0.1) is 23.2 Å². The normalized spacial score (nSPS) is 46.5. The fourth-order valence-corrected chi connectivity index (χ4v) is 8.54. The summed E-state index contributed by atoms with van der Waals surface area (Å²) in [5.41, 5.74) is -3.08. The molecule has 8 atom stereocenters. The van der Waals surface area contributed by atoms with E-state index in [9.17, 15) is 23.9 Å². The van der Waals surface area contributed by atoms with Gasteiger partial charge in [-0.1, -0.05) is 33.8 Å². The summed E-state index contributed by atoms with van der Waals surface area (Å²) in [5.74, 6) is -3.42. The molecular weight excluding hydrogens is 470 g/mol. The Kier molecular flexibility index (Phi) is 5.95. The molecule has 0 saturated heterocycles. The molecule has 182 valence electrons. The number of carbonyl (C=O) groups excluding carboxylic acids is 3. The number of aliphatic hydroxyl groups excluding tert-OH is 1. The predicted molar refractivity (Wildman–Crippen MR) is 123 cm³/mol. The van der Waals surface area contributed by atoms with Crippen LogP contribution in [0.15, 0.2) is 23.6 Å². The highest BCUT2D eigenvalue weighted by atomic mass is 35.5. The number of alkyl halides is 2. The SMILES string of the molecule is CCC(=O)O[C@@]1(C(=O)CCl)[C@@H](C)C[C@H]2[C@@H]3CCC4=C(F)C(=O)C=C[C@]4(C)[C@@]3(Cl)[C@@H](O)C[C@@]21C. The lowest BCUT2D eigenvalue weighted by molar-refractivity contribution is -0.200. The van der Waals surface area contributed by atoms with Gasteiger partial charge >= 0.3 is 5.97 Å². The number of Topliss-reactive ketones (excluding diaryl/α,β-unsaturated/α-hetero) is 1. The average Bonchev–Trinajstić information content (AvgIpc) is 2.99. The number of aliphatic hydroxyl groups is 1. The largest absolute Gasteiger partial charge is 0.450 e. The highest BCUT2D eigenvalue weighted by molar-refractivity contribution is 6.29. The van der Waals surface area contributed by atoms with Gasteiger partial charge < -0.3 is 9.84 Å². The summed E-state index contributed by atoms with van der Waals surface area (Å²) in [6.45, 7) is 7.22. The fraction of sp³-hybridized carbons (Fsp3) is 0.720. The monoisotopic (exact) mass is 500 g/mol. The van der Waals surface area contributed by atoms with E-state index in [0.29, 0.717) is 24.8 Å². The van der Waals surface area contributed by atoms with Crippen molar-refractivity contribution in [3.05, 3.63) is 23.6 Å². The molecule has 4 aliphatic rings. The van der Waals surface area contributed by atoms with Crippen LogP contribution in [0.2, 0.25) is 0 Å². The summed E-state index contributed by atoms with van der Waals surface area (Å²) in [7, 11) is 0. The second-order valence-electron chi connectivity index (χ2n) is 10.6. The number of hydrogen-bond acceptors (Lipinski definition) is 5. The van der Waals surface area contributed by atoms with Gasteiger partial charge in [-0.05, 0) is 49.2 Å². The first-order chi connectivity index (χ1) is 15.3. The van der Waals surface area contributed by atoms with E-state index in [1.54, 1.807) is 19.9 Å². The van der Waals surface area contributed by atoms with Gasteiger partial charge in [-0.3, -0.25) is 14.4 Å². The molecule has 3 fully saturated rings. The van der Waals surface area contributed by atoms with Gasteiger partial charge in [0.25, 0.3) is 0 Å². The Bertz CT molecular complexity index is 978. The van der Waals surface area contributed by atoms with Crippen molar-refractivity contribution in [1.82, 2.24) is 0 Å². The topological polar surface area (TPSA) is 80.7 Å². The van der Waals surface area contributed by atoms with E-state index < -0.39 is 45.0 Å². The Morgan fingerprint density at radius 3 is 2.58 bits per heavy atom. The van der Waals surface area contributed by atoms with Crippen LogP contribution in [0.1, 0.15) is 59.8 Å². The summed E-state index contributed by atoms with van der Waals surface area (Å²) >= 11 is 13.4. The van der Waals surface area contributed by atoms with Crippen molar-refractivity contribution in [2.24, 2.45) is 28.6 Å². The van der Waals surface area contributed by atoms with Crippen LogP contribution in [0, 0.1) is 28.6 Å². The van der Waals surface area contributed by atoms with Crippen LogP contribution < -0.4 is 0 Å².